The molecule has 16 nitrogen and oxygen atoms in total. The van der Waals surface area contributed by atoms with E-state index in [1.165, 1.54) is 6.20 Å². The maximum atomic E-state index is 12.0. The third-order valence-corrected chi connectivity index (χ3v) is 5.37. The minimum absolute atomic E-state index is 0.0190. The predicted octanol–water partition coefficient (Wildman–Crippen LogP) is -0.376. The van der Waals surface area contributed by atoms with Crippen LogP contribution < -0.4 is 32.5 Å². The molecule has 2 atom stereocenters. The monoisotopic (exact) mass is 553 g/mol. The Kier molecular flexibility index (Phi) is 14.9. The van der Waals surface area contributed by atoms with Crippen LogP contribution >= 0.6 is 0 Å². The van der Waals surface area contributed by atoms with Crippen LogP contribution in [0.15, 0.2) is 18.3 Å². The van der Waals surface area contributed by atoms with Crippen LogP contribution in [0.25, 0.3) is 0 Å². The summed E-state index contributed by atoms with van der Waals surface area (Å²) < 4.78 is 0. The summed E-state index contributed by atoms with van der Waals surface area (Å²) in [6.07, 6.45) is 3.69. The second-order valence-electron chi connectivity index (χ2n) is 8.49. The molecule has 216 valence electrons. The molecule has 10 N–H and O–H groups in total. The molecule has 1 aromatic heterocycles. The Morgan fingerprint density at radius 3 is 2.05 bits per heavy atom. The van der Waals surface area contributed by atoms with Gasteiger partial charge in [-0.05, 0) is 44.2 Å². The molecule has 0 aliphatic heterocycles. The van der Waals surface area contributed by atoms with Crippen molar-refractivity contribution < 1.29 is 44.1 Å². The number of nitrogen functional groups attached to an aromatic ring is 1. The second kappa shape index (κ2) is 17.9. The van der Waals surface area contributed by atoms with Crippen molar-refractivity contribution in [1.82, 2.24) is 26.3 Å². The molecule has 4 amide bonds. The quantitative estimate of drug-likeness (QED) is 0.0603. The molecule has 1 aromatic rings. The lowest BCUT2D eigenvalue weighted by Gasteiger charge is -2.17. The Balaban J connectivity index is 2.17. The third-order valence-electron chi connectivity index (χ3n) is 5.37. The number of aliphatic carboxylic acids is 3. The fourth-order valence-corrected chi connectivity index (χ4v) is 3.28. The van der Waals surface area contributed by atoms with Gasteiger partial charge >= 0.3 is 23.9 Å². The van der Waals surface area contributed by atoms with E-state index < -0.39 is 42.4 Å². The first-order valence-electron chi connectivity index (χ1n) is 12.3. The van der Waals surface area contributed by atoms with Gasteiger partial charge in [-0.3, -0.25) is 14.4 Å². The summed E-state index contributed by atoms with van der Waals surface area (Å²) in [5.41, 5.74) is 2.78. The van der Waals surface area contributed by atoms with E-state index in [-0.39, 0.29) is 18.2 Å². The topological polar surface area (TPSA) is 262 Å². The van der Waals surface area contributed by atoms with Gasteiger partial charge in [-0.15, -0.1) is 0 Å². The van der Waals surface area contributed by atoms with Crippen molar-refractivity contribution in [1.29, 1.82) is 0 Å². The van der Waals surface area contributed by atoms with Crippen LogP contribution in [0.5, 0.6) is 0 Å². The summed E-state index contributed by atoms with van der Waals surface area (Å²) in [4.78, 5) is 72.9. The molecule has 39 heavy (non-hydrogen) atoms. The van der Waals surface area contributed by atoms with Crippen molar-refractivity contribution in [2.45, 2.75) is 63.5 Å². The molecule has 16 heteroatoms. The third kappa shape index (κ3) is 14.2. The smallest absolute Gasteiger partial charge is 0.326 e. The zero-order valence-corrected chi connectivity index (χ0v) is 21.3. The van der Waals surface area contributed by atoms with Crippen LogP contribution in [0.1, 0.15) is 61.7 Å². The first-order valence-corrected chi connectivity index (χ1v) is 12.3. The number of hydrazine groups is 1. The molecular formula is C23H35N7O9. The molecule has 0 saturated heterocycles. The van der Waals surface area contributed by atoms with E-state index in [1.807, 2.05) is 5.32 Å². The lowest BCUT2D eigenvalue weighted by atomic mass is 10.1. The van der Waals surface area contributed by atoms with Crippen LogP contribution in [0.4, 0.5) is 10.6 Å². The molecule has 0 saturated carbocycles. The molecule has 0 aliphatic rings. The fourth-order valence-electron chi connectivity index (χ4n) is 3.28. The lowest BCUT2D eigenvalue weighted by molar-refractivity contribution is -0.145. The number of carbonyl (C=O) groups is 6. The Bertz CT molecular complexity index is 989. The molecule has 0 fully saturated rings. The molecule has 1 heterocycles. The number of anilines is 1. The minimum Gasteiger partial charge on any atom is -0.481 e. The highest BCUT2D eigenvalue weighted by Gasteiger charge is 2.26. The highest BCUT2D eigenvalue weighted by Crippen LogP contribution is 2.05. The zero-order valence-electron chi connectivity index (χ0n) is 21.3. The van der Waals surface area contributed by atoms with Crippen molar-refractivity contribution in [2.24, 2.45) is 5.84 Å². The highest BCUT2D eigenvalue weighted by molar-refractivity contribution is 5.94. The number of rotatable bonds is 19. The van der Waals surface area contributed by atoms with Crippen LogP contribution in [0.3, 0.4) is 0 Å². The Labute approximate surface area is 224 Å². The average molecular weight is 554 g/mol. The van der Waals surface area contributed by atoms with E-state index in [4.69, 9.17) is 16.1 Å². The number of nitrogens with two attached hydrogens (primary N) is 1. The van der Waals surface area contributed by atoms with Gasteiger partial charge in [0.1, 0.15) is 17.9 Å². The van der Waals surface area contributed by atoms with Crippen molar-refractivity contribution in [3.8, 4) is 0 Å². The number of hydrogen-bond donors (Lipinski definition) is 9. The number of carboxylic acids is 3. The second-order valence-corrected chi connectivity index (χ2v) is 8.49. The number of carboxylic acid groups (broad SMARTS) is 3. The number of pyridine rings is 1. The molecule has 0 bridgehead atoms. The number of urea groups is 1. The van der Waals surface area contributed by atoms with E-state index in [0.29, 0.717) is 56.6 Å². The first-order chi connectivity index (χ1) is 18.5. The van der Waals surface area contributed by atoms with Crippen LogP contribution in [-0.4, -0.2) is 81.2 Å². The average Bonchev–Trinajstić information content (AvgIpc) is 2.88. The number of aromatic nitrogens is 1. The molecular weight excluding hydrogens is 518 g/mol. The van der Waals surface area contributed by atoms with E-state index in [2.05, 4.69) is 26.4 Å². The van der Waals surface area contributed by atoms with Gasteiger partial charge in [0.15, 0.2) is 0 Å². The van der Waals surface area contributed by atoms with Gasteiger partial charge in [-0.25, -0.2) is 25.2 Å². The van der Waals surface area contributed by atoms with Crippen LogP contribution in [0.2, 0.25) is 0 Å². The Morgan fingerprint density at radius 2 is 1.46 bits per heavy atom. The van der Waals surface area contributed by atoms with E-state index >= 15 is 0 Å². The van der Waals surface area contributed by atoms with Gasteiger partial charge in [0.05, 0.1) is 12.0 Å². The molecule has 0 aliphatic carbocycles. The first kappa shape index (κ1) is 32.6. The predicted molar refractivity (Wildman–Crippen MR) is 136 cm³/mol. The van der Waals surface area contributed by atoms with Crippen molar-refractivity contribution in [3.05, 3.63) is 23.9 Å². The summed E-state index contributed by atoms with van der Waals surface area (Å²) in [5.74, 6) is 0.905. The summed E-state index contributed by atoms with van der Waals surface area (Å²) >= 11 is 0. The fraction of sp³-hybridized carbons (Fsp3) is 0.522. The zero-order chi connectivity index (χ0) is 29.2. The number of hydrogen-bond acceptors (Lipinski definition) is 9. The van der Waals surface area contributed by atoms with E-state index in [9.17, 15) is 33.9 Å². The standard InChI is InChI=1S/C23H35N7O9/c24-30-17-9-8-14(13-27-17)20(34)26-11-4-1-2-7-18(31)25-10-5-3-6-15(21(35)36)28-23(39)29-16(22(37)38)12-19(32)33/h8-9,13,15-16H,1-7,10-12,24H2,(H,25,31)(H,26,34)(H,27,30)(H,32,33)(H,35,36)(H,37,38)(H2,28,29,39)/t15-,16-/m1/s1. The van der Waals surface area contributed by atoms with Gasteiger partial charge in [0.25, 0.3) is 5.91 Å². The molecule has 0 radical (unpaired) electrons. The van der Waals surface area contributed by atoms with Gasteiger partial charge in [0, 0.05) is 25.7 Å². The molecule has 0 unspecified atom stereocenters. The van der Waals surface area contributed by atoms with E-state index in [0.717, 1.165) is 6.42 Å². The number of nitrogens with one attached hydrogen (secondary N) is 5. The maximum Gasteiger partial charge on any atom is 0.326 e. The normalized spacial score (nSPS) is 11.9. The van der Waals surface area contributed by atoms with Gasteiger partial charge in [0.2, 0.25) is 5.91 Å². The van der Waals surface area contributed by atoms with Gasteiger partial charge in [-0.1, -0.05) is 6.42 Å². The SMILES string of the molecule is NNc1ccc(C(=O)NCCCCCC(=O)NCCCC[C@@H](NC(=O)N[C@H](CC(=O)O)C(=O)O)C(=O)O)cn1. The summed E-state index contributed by atoms with van der Waals surface area (Å²) in [6.45, 7) is 0.754. The van der Waals surface area contributed by atoms with E-state index in [1.54, 1.807) is 12.1 Å². The summed E-state index contributed by atoms with van der Waals surface area (Å²) in [5, 5.41) is 36.4. The number of carbonyl (C=O) groups excluding carboxylic acids is 3. The Morgan fingerprint density at radius 1 is 0.821 bits per heavy atom. The van der Waals surface area contributed by atoms with Crippen LogP contribution in [-0.2, 0) is 19.2 Å². The van der Waals surface area contributed by atoms with Crippen molar-refractivity contribution >= 4 is 41.6 Å². The number of amides is 4. The summed E-state index contributed by atoms with van der Waals surface area (Å²) in [7, 11) is 0. The highest BCUT2D eigenvalue weighted by atomic mass is 16.4. The minimum atomic E-state index is -1.71. The maximum absolute atomic E-state index is 12.0. The van der Waals surface area contributed by atoms with Crippen molar-refractivity contribution in [3.63, 3.8) is 0 Å². The van der Waals surface area contributed by atoms with Gasteiger partial charge < -0.3 is 42.0 Å². The van der Waals surface area contributed by atoms with Crippen molar-refractivity contribution in [2.75, 3.05) is 18.5 Å². The number of nitrogens with zero attached hydrogens (tertiary/aromatic N) is 1. The van der Waals surface area contributed by atoms with Crippen LogP contribution in [0, 0.1) is 0 Å². The lowest BCUT2D eigenvalue weighted by Crippen LogP contribution is -2.51. The summed E-state index contributed by atoms with van der Waals surface area (Å²) in [6, 6.07) is -0.961. The number of unbranched alkanes of at least 4 members (excludes halogenated alkanes) is 3. The molecule has 0 spiro atoms. The largest absolute Gasteiger partial charge is 0.481 e. The van der Waals surface area contributed by atoms with Gasteiger partial charge in [-0.2, -0.15) is 0 Å². The Hall–Kier alpha value is -4.47. The molecule has 1 rings (SSSR count). The molecule has 0 aromatic carbocycles.